The van der Waals surface area contributed by atoms with Crippen molar-refractivity contribution in [1.29, 1.82) is 0 Å². The summed E-state index contributed by atoms with van der Waals surface area (Å²) in [5.41, 5.74) is 3.80. The van der Waals surface area contributed by atoms with Gasteiger partial charge in [0.25, 0.3) is 11.8 Å². The Hall–Kier alpha value is -5.31. The number of aliphatic carboxylic acids is 1. The van der Waals surface area contributed by atoms with Crippen LogP contribution in [-0.4, -0.2) is 62.2 Å². The molecule has 0 radical (unpaired) electrons. The molecule has 2 N–H and O–H groups in total. The molecule has 44 heavy (non-hydrogen) atoms. The summed E-state index contributed by atoms with van der Waals surface area (Å²) in [5, 5.41) is 12.4. The zero-order valence-electron chi connectivity index (χ0n) is 25.0. The molecule has 9 heteroatoms. The van der Waals surface area contributed by atoms with Crippen molar-refractivity contribution in [3.63, 3.8) is 0 Å². The van der Waals surface area contributed by atoms with Gasteiger partial charge in [0.15, 0.2) is 11.5 Å². The van der Waals surface area contributed by atoms with Gasteiger partial charge in [-0.25, -0.2) is 0 Å². The number of carbonyl (C=O) groups is 3. The van der Waals surface area contributed by atoms with Gasteiger partial charge in [0.1, 0.15) is 5.75 Å². The highest BCUT2D eigenvalue weighted by molar-refractivity contribution is 6.06. The third-order valence-corrected chi connectivity index (χ3v) is 7.23. The van der Waals surface area contributed by atoms with E-state index < -0.39 is 5.97 Å². The minimum absolute atomic E-state index is 0.0276. The summed E-state index contributed by atoms with van der Waals surface area (Å²) >= 11 is 0. The number of nitrogens with one attached hydrogen (secondary N) is 1. The molecule has 0 unspecified atom stereocenters. The number of carboxylic acid groups (broad SMARTS) is 1. The summed E-state index contributed by atoms with van der Waals surface area (Å²) in [6.45, 7) is 0.622. The van der Waals surface area contributed by atoms with Crippen LogP contribution in [0, 0.1) is 0 Å². The Morgan fingerprint density at radius 1 is 0.705 bits per heavy atom. The van der Waals surface area contributed by atoms with Crippen molar-refractivity contribution >= 4 is 17.8 Å². The van der Waals surface area contributed by atoms with Crippen LogP contribution in [-0.2, 0) is 17.8 Å². The number of carboxylic acids is 1. The predicted molar refractivity (Wildman–Crippen MR) is 167 cm³/mol. The number of benzene rings is 4. The van der Waals surface area contributed by atoms with Crippen LogP contribution in [0.4, 0.5) is 0 Å². The molecule has 0 aliphatic carbocycles. The molecule has 2 amide bonds. The molecule has 0 heterocycles. The topological polar surface area (TPSA) is 114 Å². The summed E-state index contributed by atoms with van der Waals surface area (Å²) < 4.78 is 15.9. The second-order valence-electron chi connectivity index (χ2n) is 10.00. The second kappa shape index (κ2) is 15.2. The Kier molecular flexibility index (Phi) is 11.0. The van der Waals surface area contributed by atoms with Crippen LogP contribution in [0.15, 0.2) is 91.0 Å². The van der Waals surface area contributed by atoms with Gasteiger partial charge < -0.3 is 29.5 Å². The van der Waals surface area contributed by atoms with E-state index in [1.807, 2.05) is 48.5 Å². The maximum absolute atomic E-state index is 14.0. The first-order chi connectivity index (χ1) is 21.3. The Morgan fingerprint density at radius 3 is 1.95 bits per heavy atom. The molecule has 4 aromatic carbocycles. The van der Waals surface area contributed by atoms with Gasteiger partial charge in [-0.3, -0.25) is 14.4 Å². The van der Waals surface area contributed by atoms with Gasteiger partial charge in [0, 0.05) is 30.8 Å². The molecule has 4 aromatic rings. The number of carbonyl (C=O) groups excluding carboxylic acids is 2. The van der Waals surface area contributed by atoms with Crippen LogP contribution in [0.1, 0.15) is 38.3 Å². The van der Waals surface area contributed by atoms with Crippen molar-refractivity contribution in [2.75, 3.05) is 34.4 Å². The van der Waals surface area contributed by atoms with Gasteiger partial charge in [0.2, 0.25) is 0 Å². The fourth-order valence-corrected chi connectivity index (χ4v) is 4.86. The monoisotopic (exact) mass is 596 g/mol. The van der Waals surface area contributed by atoms with Crippen LogP contribution in [0.25, 0.3) is 11.1 Å². The van der Waals surface area contributed by atoms with E-state index in [4.69, 9.17) is 14.2 Å². The Bertz CT molecular complexity index is 1600. The summed E-state index contributed by atoms with van der Waals surface area (Å²) in [6, 6.07) is 27.1. The lowest BCUT2D eigenvalue weighted by Gasteiger charge is -2.24. The van der Waals surface area contributed by atoms with Gasteiger partial charge in [-0.1, -0.05) is 54.6 Å². The third-order valence-electron chi connectivity index (χ3n) is 7.23. The van der Waals surface area contributed by atoms with Gasteiger partial charge >= 0.3 is 5.97 Å². The standard InChI is InChI=1S/C35H36N2O7/c1-42-26-15-12-25(13-16-26)23-36-34(40)29-10-6-4-8-27(29)28-9-5-7-11-30(28)35(41)37(21-19-33(38)39)20-18-24-14-17-31(43-2)32(22-24)44-3/h4-17,22H,18-21,23H2,1-3H3,(H,36,40)(H,38,39). The number of hydrogen-bond donors (Lipinski definition) is 2. The number of ether oxygens (including phenoxy) is 3. The fourth-order valence-electron chi connectivity index (χ4n) is 4.86. The first-order valence-corrected chi connectivity index (χ1v) is 14.2. The van der Waals surface area contributed by atoms with E-state index in [1.54, 1.807) is 63.8 Å². The lowest BCUT2D eigenvalue weighted by molar-refractivity contribution is -0.137. The largest absolute Gasteiger partial charge is 0.497 e. The Labute approximate surface area is 257 Å². The molecule has 0 aliphatic heterocycles. The normalized spacial score (nSPS) is 10.5. The molecule has 0 atom stereocenters. The molecule has 4 rings (SSSR count). The van der Waals surface area contributed by atoms with E-state index in [1.165, 1.54) is 4.90 Å². The van der Waals surface area contributed by atoms with Crippen LogP contribution < -0.4 is 19.5 Å². The molecule has 9 nitrogen and oxygen atoms in total. The Morgan fingerprint density at radius 2 is 1.32 bits per heavy atom. The maximum atomic E-state index is 14.0. The van der Waals surface area contributed by atoms with E-state index in [0.29, 0.717) is 46.7 Å². The van der Waals surface area contributed by atoms with E-state index in [0.717, 1.165) is 16.9 Å². The smallest absolute Gasteiger partial charge is 0.305 e. The molecule has 0 saturated heterocycles. The van der Waals surface area contributed by atoms with Crippen LogP contribution in [0.5, 0.6) is 17.2 Å². The quantitative estimate of drug-likeness (QED) is 0.198. The highest BCUT2D eigenvalue weighted by Gasteiger charge is 2.23. The van der Waals surface area contributed by atoms with Gasteiger partial charge in [-0.05, 0) is 65.1 Å². The average molecular weight is 597 g/mol. The summed E-state index contributed by atoms with van der Waals surface area (Å²) in [6.07, 6.45) is 0.266. The van der Waals surface area contributed by atoms with E-state index >= 15 is 0 Å². The summed E-state index contributed by atoms with van der Waals surface area (Å²) in [4.78, 5) is 40.4. The molecule has 0 aliphatic rings. The highest BCUT2D eigenvalue weighted by atomic mass is 16.5. The third kappa shape index (κ3) is 7.95. The first kappa shape index (κ1) is 31.6. The van der Waals surface area contributed by atoms with Crippen molar-refractivity contribution < 1.29 is 33.7 Å². The number of rotatable bonds is 14. The predicted octanol–water partition coefficient (Wildman–Crippen LogP) is 5.47. The number of nitrogens with zero attached hydrogens (tertiary/aromatic N) is 1. The molecule has 0 fully saturated rings. The highest BCUT2D eigenvalue weighted by Crippen LogP contribution is 2.30. The fraction of sp³-hybridized carbons (Fsp3) is 0.229. The van der Waals surface area contributed by atoms with Crippen molar-refractivity contribution in [1.82, 2.24) is 10.2 Å². The SMILES string of the molecule is COc1ccc(CNC(=O)c2ccccc2-c2ccccc2C(=O)N(CCC(=O)O)CCc2ccc(OC)c(OC)c2)cc1. The van der Waals surface area contributed by atoms with E-state index in [2.05, 4.69) is 5.32 Å². The van der Waals surface area contributed by atoms with Crippen molar-refractivity contribution in [2.45, 2.75) is 19.4 Å². The molecule has 0 aromatic heterocycles. The van der Waals surface area contributed by atoms with Crippen molar-refractivity contribution in [3.05, 3.63) is 113 Å². The number of amides is 2. The van der Waals surface area contributed by atoms with Gasteiger partial charge in [0.05, 0.1) is 27.8 Å². The minimum atomic E-state index is -0.999. The summed E-state index contributed by atoms with van der Waals surface area (Å²) in [7, 11) is 4.71. The summed E-state index contributed by atoms with van der Waals surface area (Å²) in [5.74, 6) is 0.288. The molecule has 0 spiro atoms. The molecule has 0 saturated carbocycles. The Balaban J connectivity index is 1.59. The number of methoxy groups -OCH3 is 3. The maximum Gasteiger partial charge on any atom is 0.305 e. The van der Waals surface area contributed by atoms with E-state index in [9.17, 15) is 19.5 Å². The molecule has 228 valence electrons. The van der Waals surface area contributed by atoms with Crippen LogP contribution >= 0.6 is 0 Å². The van der Waals surface area contributed by atoms with Gasteiger partial charge in [-0.15, -0.1) is 0 Å². The van der Waals surface area contributed by atoms with Crippen LogP contribution in [0.3, 0.4) is 0 Å². The zero-order valence-corrected chi connectivity index (χ0v) is 25.0. The lowest BCUT2D eigenvalue weighted by atomic mass is 9.94. The average Bonchev–Trinajstić information content (AvgIpc) is 3.06. The molecule has 0 bridgehead atoms. The molecular weight excluding hydrogens is 560 g/mol. The lowest BCUT2D eigenvalue weighted by Crippen LogP contribution is -2.35. The zero-order chi connectivity index (χ0) is 31.5. The number of hydrogen-bond acceptors (Lipinski definition) is 6. The molecular formula is C35H36N2O7. The van der Waals surface area contributed by atoms with Crippen molar-refractivity contribution in [3.8, 4) is 28.4 Å². The van der Waals surface area contributed by atoms with Crippen LogP contribution in [0.2, 0.25) is 0 Å². The second-order valence-corrected chi connectivity index (χ2v) is 10.00. The minimum Gasteiger partial charge on any atom is -0.497 e. The first-order valence-electron chi connectivity index (χ1n) is 14.2. The van der Waals surface area contributed by atoms with E-state index in [-0.39, 0.29) is 31.3 Å². The van der Waals surface area contributed by atoms with Gasteiger partial charge in [-0.2, -0.15) is 0 Å². The van der Waals surface area contributed by atoms with Crippen molar-refractivity contribution in [2.24, 2.45) is 0 Å².